The van der Waals surface area contributed by atoms with Crippen LogP contribution in [0.5, 0.6) is 0 Å². The van der Waals surface area contributed by atoms with E-state index in [4.69, 9.17) is 21.1 Å². The maximum atomic E-state index is 6.11. The second-order valence-corrected chi connectivity index (χ2v) is 7.89. The number of rotatable bonds is 16. The summed E-state index contributed by atoms with van der Waals surface area (Å²) in [5.74, 6) is 0.507. The number of unbranched alkanes of at least 4 members (excludes halogenated alkanes) is 5. The molecule has 27 heavy (non-hydrogen) atoms. The van der Waals surface area contributed by atoms with Crippen molar-refractivity contribution in [2.45, 2.75) is 97.1 Å². The van der Waals surface area contributed by atoms with E-state index in [1.807, 2.05) is 0 Å². The van der Waals surface area contributed by atoms with Gasteiger partial charge in [-0.05, 0) is 51.2 Å². The number of benzene rings is 1. The largest absolute Gasteiger partial charge is 0.350 e. The minimum Gasteiger partial charge on any atom is -0.350 e. The summed E-state index contributed by atoms with van der Waals surface area (Å²) in [6, 6.07) is 8.68. The fourth-order valence-corrected chi connectivity index (χ4v) is 4.00. The minimum atomic E-state index is -0.483. The van der Waals surface area contributed by atoms with Crippen molar-refractivity contribution >= 4 is 11.6 Å². The van der Waals surface area contributed by atoms with E-state index in [9.17, 15) is 0 Å². The molecule has 2 nitrogen and oxygen atoms in total. The van der Waals surface area contributed by atoms with Gasteiger partial charge in [0, 0.05) is 25.0 Å². The molecule has 0 aliphatic carbocycles. The van der Waals surface area contributed by atoms with Crippen LogP contribution in [0, 0.1) is 5.92 Å². The van der Waals surface area contributed by atoms with Gasteiger partial charge in [-0.15, -0.1) is 11.6 Å². The molecule has 1 aromatic rings. The minimum absolute atomic E-state index is 0.413. The van der Waals surface area contributed by atoms with Gasteiger partial charge in [-0.2, -0.15) is 0 Å². The van der Waals surface area contributed by atoms with Crippen LogP contribution in [0.25, 0.3) is 0 Å². The molecule has 0 fully saturated rings. The fraction of sp³-hybridized carbons (Fsp3) is 0.750. The number of hydrogen-bond donors (Lipinski definition) is 0. The zero-order valence-corrected chi connectivity index (χ0v) is 18.8. The molecule has 0 aliphatic rings. The van der Waals surface area contributed by atoms with Crippen molar-refractivity contribution in [3.8, 4) is 0 Å². The third-order valence-corrected chi connectivity index (χ3v) is 5.78. The van der Waals surface area contributed by atoms with Gasteiger partial charge in [-0.25, -0.2) is 0 Å². The average Bonchev–Trinajstić information content (AvgIpc) is 2.67. The van der Waals surface area contributed by atoms with Gasteiger partial charge >= 0.3 is 0 Å². The van der Waals surface area contributed by atoms with Crippen LogP contribution in [0.15, 0.2) is 24.3 Å². The number of ether oxygens (including phenoxy) is 2. The van der Waals surface area contributed by atoms with Gasteiger partial charge in [0.05, 0.1) is 0 Å². The van der Waals surface area contributed by atoms with Crippen LogP contribution < -0.4 is 0 Å². The van der Waals surface area contributed by atoms with Gasteiger partial charge in [-0.1, -0.05) is 69.7 Å². The van der Waals surface area contributed by atoms with Gasteiger partial charge in [0.2, 0.25) is 0 Å². The van der Waals surface area contributed by atoms with Crippen molar-refractivity contribution in [3.63, 3.8) is 0 Å². The van der Waals surface area contributed by atoms with Crippen LogP contribution in [-0.4, -0.2) is 19.0 Å². The zero-order valence-electron chi connectivity index (χ0n) is 18.1. The molecule has 0 bridgehead atoms. The highest BCUT2D eigenvalue weighted by molar-refractivity contribution is 6.17. The smallest absolute Gasteiger partial charge is 0.168 e. The standard InChI is InChI=1S/C24H41ClO2/c1-5-8-9-10-11-12-13-23(24(4,26-6-2)27-7-3)19-18-21-14-16-22(20-25)17-15-21/h14-17,23H,5-13,18-20H2,1-4H3. The SMILES string of the molecule is CCCCCCCCC(CCc1ccc(CCl)cc1)C(C)(OCC)OCC. The fourth-order valence-electron chi connectivity index (χ4n) is 3.83. The third kappa shape index (κ3) is 9.45. The molecule has 0 aliphatic heterocycles. The Morgan fingerprint density at radius 1 is 0.815 bits per heavy atom. The predicted molar refractivity (Wildman–Crippen MR) is 117 cm³/mol. The Balaban J connectivity index is 2.66. The molecule has 1 rings (SSSR count). The lowest BCUT2D eigenvalue weighted by molar-refractivity contribution is -0.254. The van der Waals surface area contributed by atoms with Crippen molar-refractivity contribution in [1.82, 2.24) is 0 Å². The maximum Gasteiger partial charge on any atom is 0.168 e. The van der Waals surface area contributed by atoms with Crippen molar-refractivity contribution in [2.75, 3.05) is 13.2 Å². The Bertz CT molecular complexity index is 466. The van der Waals surface area contributed by atoms with Crippen LogP contribution in [0.2, 0.25) is 0 Å². The Morgan fingerprint density at radius 3 is 1.93 bits per heavy atom. The highest BCUT2D eigenvalue weighted by Gasteiger charge is 2.35. The van der Waals surface area contributed by atoms with E-state index >= 15 is 0 Å². The predicted octanol–water partition coefficient (Wildman–Crippen LogP) is 7.51. The molecule has 1 aromatic carbocycles. The van der Waals surface area contributed by atoms with Crippen LogP contribution in [0.1, 0.15) is 90.2 Å². The normalized spacial score (nSPS) is 13.1. The Hall–Kier alpha value is -0.570. The molecule has 156 valence electrons. The van der Waals surface area contributed by atoms with Crippen molar-refractivity contribution in [1.29, 1.82) is 0 Å². The molecule has 0 saturated carbocycles. The third-order valence-electron chi connectivity index (χ3n) is 5.47. The highest BCUT2D eigenvalue weighted by Crippen LogP contribution is 2.32. The number of halogens is 1. The molecule has 0 aromatic heterocycles. The van der Waals surface area contributed by atoms with Crippen LogP contribution in [0.3, 0.4) is 0 Å². The van der Waals surface area contributed by atoms with Gasteiger partial charge in [0.25, 0.3) is 0 Å². The molecule has 0 saturated heterocycles. The van der Waals surface area contributed by atoms with Gasteiger partial charge < -0.3 is 9.47 Å². The monoisotopic (exact) mass is 396 g/mol. The first-order valence-corrected chi connectivity index (χ1v) is 11.5. The molecule has 0 heterocycles. The summed E-state index contributed by atoms with van der Waals surface area (Å²) >= 11 is 5.91. The summed E-state index contributed by atoms with van der Waals surface area (Å²) in [5, 5.41) is 0. The first kappa shape index (κ1) is 24.5. The second-order valence-electron chi connectivity index (χ2n) is 7.62. The Labute approximate surface area is 173 Å². The highest BCUT2D eigenvalue weighted by atomic mass is 35.5. The topological polar surface area (TPSA) is 18.5 Å². The quantitative estimate of drug-likeness (QED) is 0.163. The van der Waals surface area contributed by atoms with E-state index in [1.54, 1.807) is 0 Å². The summed E-state index contributed by atoms with van der Waals surface area (Å²) < 4.78 is 12.2. The molecule has 1 unspecified atom stereocenters. The van der Waals surface area contributed by atoms with Crippen LogP contribution >= 0.6 is 11.6 Å². The van der Waals surface area contributed by atoms with Gasteiger partial charge in [0.1, 0.15) is 0 Å². The Kier molecular flexibility index (Phi) is 13.1. The van der Waals surface area contributed by atoms with Gasteiger partial charge in [0.15, 0.2) is 5.79 Å². The van der Waals surface area contributed by atoms with Crippen molar-refractivity contribution in [3.05, 3.63) is 35.4 Å². The molecule has 0 spiro atoms. The summed E-state index contributed by atoms with van der Waals surface area (Å²) in [6.45, 7) is 9.90. The molecule has 3 heteroatoms. The maximum absolute atomic E-state index is 6.11. The first-order valence-electron chi connectivity index (χ1n) is 11.0. The number of alkyl halides is 1. The molecular weight excluding hydrogens is 356 g/mol. The van der Waals surface area contributed by atoms with Crippen LogP contribution in [0.4, 0.5) is 0 Å². The molecule has 0 radical (unpaired) electrons. The Morgan fingerprint density at radius 2 is 1.37 bits per heavy atom. The lowest BCUT2D eigenvalue weighted by atomic mass is 9.87. The lowest BCUT2D eigenvalue weighted by Gasteiger charge is -2.37. The second kappa shape index (κ2) is 14.4. The van der Waals surface area contributed by atoms with E-state index in [1.165, 1.54) is 56.1 Å². The summed E-state index contributed by atoms with van der Waals surface area (Å²) in [6.07, 6.45) is 11.3. The van der Waals surface area contributed by atoms with E-state index in [0.717, 1.165) is 12.8 Å². The molecule has 0 amide bonds. The lowest BCUT2D eigenvalue weighted by Crippen LogP contribution is -2.41. The molecule has 0 N–H and O–H groups in total. The van der Waals surface area contributed by atoms with E-state index < -0.39 is 5.79 Å². The molecule has 1 atom stereocenters. The van der Waals surface area contributed by atoms with Gasteiger partial charge in [-0.3, -0.25) is 0 Å². The van der Waals surface area contributed by atoms with Crippen molar-refractivity contribution < 1.29 is 9.47 Å². The van der Waals surface area contributed by atoms with E-state index in [2.05, 4.69) is 52.0 Å². The summed E-state index contributed by atoms with van der Waals surface area (Å²) in [5.41, 5.74) is 2.55. The number of aryl methyl sites for hydroxylation is 1. The summed E-state index contributed by atoms with van der Waals surface area (Å²) in [7, 11) is 0. The average molecular weight is 397 g/mol. The van der Waals surface area contributed by atoms with E-state index in [0.29, 0.717) is 25.0 Å². The van der Waals surface area contributed by atoms with Crippen LogP contribution in [-0.2, 0) is 21.8 Å². The van der Waals surface area contributed by atoms with Crippen molar-refractivity contribution in [2.24, 2.45) is 5.92 Å². The summed E-state index contributed by atoms with van der Waals surface area (Å²) in [4.78, 5) is 0. The number of hydrogen-bond acceptors (Lipinski definition) is 2. The molecular formula is C24H41ClO2. The first-order chi connectivity index (χ1) is 13.1. The van der Waals surface area contributed by atoms with E-state index in [-0.39, 0.29) is 0 Å². The zero-order chi connectivity index (χ0) is 20.0.